The normalized spacial score (nSPS) is 12.0. The van der Waals surface area contributed by atoms with Crippen molar-refractivity contribution < 1.29 is 14.3 Å². The van der Waals surface area contributed by atoms with Gasteiger partial charge in [0.2, 0.25) is 0 Å². The van der Waals surface area contributed by atoms with Crippen LogP contribution in [0.1, 0.15) is 37.7 Å². The van der Waals surface area contributed by atoms with Crippen LogP contribution in [0.25, 0.3) is 10.8 Å². The van der Waals surface area contributed by atoms with Crippen LogP contribution >= 0.6 is 0 Å². The molecule has 2 aromatic rings. The first kappa shape index (κ1) is 15.2. The molecule has 3 heteroatoms. The fourth-order valence-corrected chi connectivity index (χ4v) is 2.46. The topological polar surface area (TPSA) is 43.4 Å². The van der Waals surface area contributed by atoms with Crippen molar-refractivity contribution in [2.75, 3.05) is 6.61 Å². The van der Waals surface area contributed by atoms with Crippen LogP contribution in [0.2, 0.25) is 0 Å². The summed E-state index contributed by atoms with van der Waals surface area (Å²) < 4.78 is 5.05. The highest BCUT2D eigenvalue weighted by atomic mass is 16.5. The molecule has 0 aromatic heterocycles. The molecule has 3 nitrogen and oxygen atoms in total. The summed E-state index contributed by atoms with van der Waals surface area (Å²) >= 11 is 0. The van der Waals surface area contributed by atoms with Gasteiger partial charge in [0.05, 0.1) is 6.61 Å². The van der Waals surface area contributed by atoms with E-state index >= 15 is 0 Å². The molecule has 0 amide bonds. The highest BCUT2D eigenvalue weighted by molar-refractivity contribution is 5.88. The molecule has 21 heavy (non-hydrogen) atoms. The first-order chi connectivity index (χ1) is 10.3. The van der Waals surface area contributed by atoms with Gasteiger partial charge in [-0.2, -0.15) is 0 Å². The lowest BCUT2D eigenvalue weighted by molar-refractivity contribution is -0.143. The summed E-state index contributed by atoms with van der Waals surface area (Å²) in [4.78, 5) is 22.5. The third-order valence-corrected chi connectivity index (χ3v) is 3.60. The highest BCUT2D eigenvalue weighted by Gasteiger charge is 2.13. The van der Waals surface area contributed by atoms with E-state index in [1.165, 1.54) is 0 Å². The van der Waals surface area contributed by atoms with Gasteiger partial charge in [-0.3, -0.25) is 4.79 Å². The molecule has 0 N–H and O–H groups in total. The van der Waals surface area contributed by atoms with Gasteiger partial charge in [-0.05, 0) is 29.2 Å². The average molecular weight is 284 g/mol. The molecule has 1 atom stereocenters. The summed E-state index contributed by atoms with van der Waals surface area (Å²) in [5.74, 6) is -0.348. The number of fused-ring (bicyclic) bond motifs is 1. The van der Waals surface area contributed by atoms with Gasteiger partial charge < -0.3 is 9.53 Å². The summed E-state index contributed by atoms with van der Waals surface area (Å²) in [5.41, 5.74) is 1.05. The summed E-state index contributed by atoms with van der Waals surface area (Å²) in [5, 5.41) is 2.25. The van der Waals surface area contributed by atoms with Crippen LogP contribution in [0.3, 0.4) is 0 Å². The molecule has 0 aliphatic heterocycles. The number of rotatable bonds is 7. The molecular formula is C18H20O3. The minimum absolute atomic E-state index is 0.156. The van der Waals surface area contributed by atoms with Crippen molar-refractivity contribution in [2.24, 2.45) is 0 Å². The molecule has 2 rings (SSSR count). The zero-order valence-electron chi connectivity index (χ0n) is 12.2. The van der Waals surface area contributed by atoms with Crippen LogP contribution in [-0.2, 0) is 14.3 Å². The van der Waals surface area contributed by atoms with E-state index in [2.05, 4.69) is 0 Å². The quantitative estimate of drug-likeness (QED) is 0.440. The lowest BCUT2D eigenvalue weighted by Gasteiger charge is -2.13. The Morgan fingerprint density at radius 1 is 1.19 bits per heavy atom. The fraction of sp³-hybridized carbons (Fsp3) is 0.333. The number of hydrogen-bond donors (Lipinski definition) is 0. The second-order valence-electron chi connectivity index (χ2n) is 5.03. The molecule has 1 unspecified atom stereocenters. The van der Waals surface area contributed by atoms with Crippen molar-refractivity contribution in [2.45, 2.75) is 32.1 Å². The maximum absolute atomic E-state index is 11.4. The van der Waals surface area contributed by atoms with Crippen LogP contribution < -0.4 is 0 Å². The van der Waals surface area contributed by atoms with Crippen LogP contribution in [0.4, 0.5) is 0 Å². The van der Waals surface area contributed by atoms with E-state index in [1.807, 2.05) is 42.5 Å². The van der Waals surface area contributed by atoms with E-state index < -0.39 is 0 Å². The van der Waals surface area contributed by atoms with Gasteiger partial charge in [-0.15, -0.1) is 0 Å². The van der Waals surface area contributed by atoms with Crippen molar-refractivity contribution in [3.8, 4) is 0 Å². The summed E-state index contributed by atoms with van der Waals surface area (Å²) in [6, 6.07) is 14.1. The predicted molar refractivity (Wildman–Crippen MR) is 83.2 cm³/mol. The van der Waals surface area contributed by atoms with E-state index in [0.29, 0.717) is 25.9 Å². The largest absolute Gasteiger partial charge is 0.466 e. The molecule has 0 spiro atoms. The van der Waals surface area contributed by atoms with E-state index in [-0.39, 0.29) is 11.9 Å². The van der Waals surface area contributed by atoms with Crippen molar-refractivity contribution in [1.82, 2.24) is 0 Å². The molecule has 0 heterocycles. The van der Waals surface area contributed by atoms with Gasteiger partial charge in [-0.25, -0.2) is 0 Å². The van der Waals surface area contributed by atoms with Crippen LogP contribution in [0.5, 0.6) is 0 Å². The molecule has 0 fully saturated rings. The average Bonchev–Trinajstić information content (AvgIpc) is 2.54. The third kappa shape index (κ3) is 3.91. The highest BCUT2D eigenvalue weighted by Crippen LogP contribution is 2.27. The van der Waals surface area contributed by atoms with Crippen LogP contribution in [-0.4, -0.2) is 18.9 Å². The Morgan fingerprint density at radius 2 is 1.95 bits per heavy atom. The second kappa shape index (κ2) is 7.58. The summed E-state index contributed by atoms with van der Waals surface area (Å²) in [6.45, 7) is 2.15. The standard InChI is InChI=1S/C18H20O3/c1-2-18(20)21-12-6-9-15(13-19)17-11-5-8-14-7-3-4-10-16(14)17/h3-5,7-8,10-11,13,15H,2,6,9,12H2,1H3. The monoisotopic (exact) mass is 284 g/mol. The minimum atomic E-state index is -0.192. The van der Waals surface area contributed by atoms with Gasteiger partial charge >= 0.3 is 5.97 Å². The second-order valence-corrected chi connectivity index (χ2v) is 5.03. The number of carbonyl (C=O) groups is 2. The Balaban J connectivity index is 2.06. The first-order valence-corrected chi connectivity index (χ1v) is 7.34. The van der Waals surface area contributed by atoms with Crippen molar-refractivity contribution in [3.05, 3.63) is 48.0 Å². The van der Waals surface area contributed by atoms with Gasteiger partial charge in [-0.1, -0.05) is 49.4 Å². The lowest BCUT2D eigenvalue weighted by Crippen LogP contribution is -2.07. The van der Waals surface area contributed by atoms with E-state index in [1.54, 1.807) is 6.92 Å². The van der Waals surface area contributed by atoms with Gasteiger partial charge in [0.1, 0.15) is 6.29 Å². The molecule has 0 aliphatic carbocycles. The number of ether oxygens (including phenoxy) is 1. The third-order valence-electron chi connectivity index (χ3n) is 3.60. The van der Waals surface area contributed by atoms with Crippen molar-refractivity contribution in [1.29, 1.82) is 0 Å². The summed E-state index contributed by atoms with van der Waals surface area (Å²) in [7, 11) is 0. The first-order valence-electron chi connectivity index (χ1n) is 7.34. The SMILES string of the molecule is CCC(=O)OCCCC(C=O)c1cccc2ccccc12. The number of carbonyl (C=O) groups excluding carboxylic acids is 2. The van der Waals surface area contributed by atoms with Gasteiger partial charge in [0.25, 0.3) is 0 Å². The van der Waals surface area contributed by atoms with Crippen LogP contribution in [0.15, 0.2) is 42.5 Å². The fourth-order valence-electron chi connectivity index (χ4n) is 2.46. The predicted octanol–water partition coefficient (Wildman–Crippen LogP) is 3.86. The maximum Gasteiger partial charge on any atom is 0.305 e. The number of esters is 1. The number of hydrogen-bond acceptors (Lipinski definition) is 3. The molecule has 0 aliphatic rings. The molecular weight excluding hydrogens is 264 g/mol. The molecule has 0 bridgehead atoms. The number of aldehydes is 1. The Morgan fingerprint density at radius 3 is 2.71 bits per heavy atom. The van der Waals surface area contributed by atoms with Crippen molar-refractivity contribution in [3.63, 3.8) is 0 Å². The van der Waals surface area contributed by atoms with E-state index in [9.17, 15) is 9.59 Å². The molecule has 110 valence electrons. The molecule has 0 saturated heterocycles. The Hall–Kier alpha value is -2.16. The Bertz CT molecular complexity index is 613. The zero-order valence-corrected chi connectivity index (χ0v) is 12.2. The zero-order chi connectivity index (χ0) is 15.1. The van der Waals surface area contributed by atoms with E-state index in [4.69, 9.17) is 4.74 Å². The minimum Gasteiger partial charge on any atom is -0.466 e. The Kier molecular flexibility index (Phi) is 5.50. The van der Waals surface area contributed by atoms with Gasteiger partial charge in [0.15, 0.2) is 0 Å². The lowest BCUT2D eigenvalue weighted by atomic mass is 9.91. The molecule has 0 saturated carbocycles. The van der Waals surface area contributed by atoms with Crippen molar-refractivity contribution >= 4 is 23.0 Å². The smallest absolute Gasteiger partial charge is 0.305 e. The molecule has 0 radical (unpaired) electrons. The number of benzene rings is 2. The maximum atomic E-state index is 11.4. The van der Waals surface area contributed by atoms with E-state index in [0.717, 1.165) is 22.6 Å². The van der Waals surface area contributed by atoms with Gasteiger partial charge in [0, 0.05) is 12.3 Å². The van der Waals surface area contributed by atoms with Crippen LogP contribution in [0, 0.1) is 0 Å². The Labute approximate surface area is 124 Å². The molecule has 2 aromatic carbocycles. The summed E-state index contributed by atoms with van der Waals surface area (Å²) in [6.07, 6.45) is 2.76.